The lowest BCUT2D eigenvalue weighted by molar-refractivity contribution is -0.0365. The van der Waals surface area contributed by atoms with Crippen LogP contribution in [-0.4, -0.2) is 16.4 Å². The smallest absolute Gasteiger partial charge is 0.150 e. The number of anilines is 1. The van der Waals surface area contributed by atoms with Crippen LogP contribution in [-0.2, 0) is 4.74 Å². The van der Waals surface area contributed by atoms with Gasteiger partial charge >= 0.3 is 0 Å². The van der Waals surface area contributed by atoms with E-state index < -0.39 is 0 Å². The number of nitrogen functional groups attached to an aromatic ring is 1. The maximum Gasteiger partial charge on any atom is 0.150 e. The fourth-order valence-corrected chi connectivity index (χ4v) is 3.12. The summed E-state index contributed by atoms with van der Waals surface area (Å²) in [5, 5.41) is 6.00. The molecule has 4 rings (SSSR count). The third-order valence-electron chi connectivity index (χ3n) is 4.20. The molecule has 1 saturated heterocycles. The minimum Gasteiger partial charge on any atom is -0.399 e. The zero-order valence-electron chi connectivity index (χ0n) is 12.4. The van der Waals surface area contributed by atoms with Gasteiger partial charge in [-0.1, -0.05) is 30.3 Å². The number of hydrogen-bond acceptors (Lipinski definition) is 3. The highest BCUT2D eigenvalue weighted by molar-refractivity contribution is 5.93. The second-order valence-electron chi connectivity index (χ2n) is 5.76. The number of nitrogens with zero attached hydrogens (tertiary/aromatic N) is 2. The highest BCUT2D eigenvalue weighted by Crippen LogP contribution is 2.33. The minimum atomic E-state index is 0.0356. The summed E-state index contributed by atoms with van der Waals surface area (Å²) in [5.41, 5.74) is 9.82. The normalized spacial score (nSPS) is 18.6. The molecule has 0 saturated carbocycles. The summed E-state index contributed by atoms with van der Waals surface area (Å²) in [6.45, 7) is 0.812. The Morgan fingerprint density at radius 3 is 2.82 bits per heavy atom. The van der Waals surface area contributed by atoms with Crippen LogP contribution in [0.15, 0.2) is 48.5 Å². The second-order valence-corrected chi connectivity index (χ2v) is 5.76. The van der Waals surface area contributed by atoms with Crippen LogP contribution in [0.4, 0.5) is 5.69 Å². The van der Waals surface area contributed by atoms with Crippen LogP contribution in [0.2, 0.25) is 0 Å². The molecule has 1 aliphatic rings. The molecule has 0 aliphatic carbocycles. The number of ether oxygens (including phenoxy) is 1. The average molecular weight is 293 g/mol. The molecular weight excluding hydrogens is 274 g/mol. The Morgan fingerprint density at radius 2 is 2.00 bits per heavy atom. The fraction of sp³-hybridized carbons (Fsp3) is 0.278. The molecule has 1 aromatic heterocycles. The zero-order valence-corrected chi connectivity index (χ0v) is 12.4. The highest BCUT2D eigenvalue weighted by atomic mass is 16.5. The lowest BCUT2D eigenvalue weighted by Gasteiger charge is -2.23. The molecule has 22 heavy (non-hydrogen) atoms. The Labute approximate surface area is 129 Å². The van der Waals surface area contributed by atoms with Crippen LogP contribution < -0.4 is 5.73 Å². The summed E-state index contributed by atoms with van der Waals surface area (Å²) < 4.78 is 7.96. The summed E-state index contributed by atoms with van der Waals surface area (Å²) in [6, 6.07) is 16.2. The van der Waals surface area contributed by atoms with E-state index in [4.69, 9.17) is 15.6 Å². The molecular formula is C18H19N3O. The molecule has 2 aromatic carbocycles. The van der Waals surface area contributed by atoms with Crippen LogP contribution in [0.25, 0.3) is 22.2 Å². The Kier molecular flexibility index (Phi) is 3.31. The molecule has 3 aromatic rings. The van der Waals surface area contributed by atoms with E-state index in [1.165, 1.54) is 6.42 Å². The molecule has 4 heteroatoms. The molecule has 0 amide bonds. The van der Waals surface area contributed by atoms with Crippen molar-refractivity contribution < 1.29 is 4.74 Å². The predicted octanol–water partition coefficient (Wildman–Crippen LogP) is 3.98. The van der Waals surface area contributed by atoms with Crippen LogP contribution in [0.3, 0.4) is 0 Å². The minimum absolute atomic E-state index is 0.0356. The van der Waals surface area contributed by atoms with E-state index in [1.807, 2.05) is 35.0 Å². The first-order chi connectivity index (χ1) is 10.8. The molecule has 1 fully saturated rings. The molecule has 112 valence electrons. The van der Waals surface area contributed by atoms with E-state index in [9.17, 15) is 0 Å². The van der Waals surface area contributed by atoms with Crippen LogP contribution >= 0.6 is 0 Å². The van der Waals surface area contributed by atoms with E-state index >= 15 is 0 Å². The highest BCUT2D eigenvalue weighted by Gasteiger charge is 2.21. The molecule has 1 atom stereocenters. The lowest BCUT2D eigenvalue weighted by atomic mass is 10.1. The first-order valence-electron chi connectivity index (χ1n) is 7.78. The monoisotopic (exact) mass is 293 g/mol. The molecule has 2 heterocycles. The lowest BCUT2D eigenvalue weighted by Crippen LogP contribution is -2.19. The maximum atomic E-state index is 5.93. The van der Waals surface area contributed by atoms with Gasteiger partial charge in [0.2, 0.25) is 0 Å². The molecule has 0 bridgehead atoms. The van der Waals surface area contributed by atoms with Gasteiger partial charge in [0.1, 0.15) is 5.69 Å². The van der Waals surface area contributed by atoms with Crippen molar-refractivity contribution in [2.45, 2.75) is 25.5 Å². The molecule has 1 unspecified atom stereocenters. The van der Waals surface area contributed by atoms with E-state index in [0.29, 0.717) is 0 Å². The maximum absolute atomic E-state index is 5.93. The fourth-order valence-electron chi connectivity index (χ4n) is 3.12. The third-order valence-corrected chi connectivity index (χ3v) is 4.20. The number of rotatable bonds is 2. The van der Waals surface area contributed by atoms with Gasteiger partial charge in [-0.15, -0.1) is 0 Å². The standard InChI is InChI=1S/C18H19N3O/c19-14-7-5-6-13(12-14)18-15-8-1-2-9-16(15)21(20-18)17-10-3-4-11-22-17/h1-2,5-9,12,17H,3-4,10-11,19H2. The van der Waals surface area contributed by atoms with E-state index in [1.54, 1.807) is 0 Å². The van der Waals surface area contributed by atoms with Crippen molar-refractivity contribution in [2.24, 2.45) is 0 Å². The Balaban J connectivity index is 1.88. The number of para-hydroxylation sites is 1. The van der Waals surface area contributed by atoms with Gasteiger partial charge < -0.3 is 10.5 Å². The number of aromatic nitrogens is 2. The summed E-state index contributed by atoms with van der Waals surface area (Å²) in [6.07, 6.45) is 3.38. The quantitative estimate of drug-likeness (QED) is 0.727. The third kappa shape index (κ3) is 2.25. The number of benzene rings is 2. The van der Waals surface area contributed by atoms with Gasteiger partial charge in [-0.05, 0) is 37.5 Å². The van der Waals surface area contributed by atoms with Gasteiger partial charge in [0.05, 0.1) is 5.52 Å². The largest absolute Gasteiger partial charge is 0.399 e. The van der Waals surface area contributed by atoms with E-state index in [2.05, 4.69) is 18.2 Å². The van der Waals surface area contributed by atoms with Gasteiger partial charge in [-0.2, -0.15) is 5.10 Å². The van der Waals surface area contributed by atoms with Gasteiger partial charge in [-0.3, -0.25) is 0 Å². The van der Waals surface area contributed by atoms with Gasteiger partial charge in [0.25, 0.3) is 0 Å². The van der Waals surface area contributed by atoms with Crippen molar-refractivity contribution in [1.29, 1.82) is 0 Å². The SMILES string of the molecule is Nc1cccc(-c2nn(C3CCCCO3)c3ccccc23)c1. The zero-order chi connectivity index (χ0) is 14.9. The van der Waals surface area contributed by atoms with Crippen molar-refractivity contribution in [3.05, 3.63) is 48.5 Å². The van der Waals surface area contributed by atoms with Gasteiger partial charge in [0, 0.05) is 23.2 Å². The van der Waals surface area contributed by atoms with Gasteiger partial charge in [0.15, 0.2) is 6.23 Å². The van der Waals surface area contributed by atoms with Crippen LogP contribution in [0.1, 0.15) is 25.5 Å². The topological polar surface area (TPSA) is 53.1 Å². The van der Waals surface area contributed by atoms with Crippen molar-refractivity contribution in [1.82, 2.24) is 9.78 Å². The molecule has 4 nitrogen and oxygen atoms in total. The van der Waals surface area contributed by atoms with Crippen molar-refractivity contribution in [3.8, 4) is 11.3 Å². The summed E-state index contributed by atoms with van der Waals surface area (Å²) in [7, 11) is 0. The summed E-state index contributed by atoms with van der Waals surface area (Å²) in [5.74, 6) is 0. The summed E-state index contributed by atoms with van der Waals surface area (Å²) in [4.78, 5) is 0. The summed E-state index contributed by atoms with van der Waals surface area (Å²) >= 11 is 0. The first-order valence-corrected chi connectivity index (χ1v) is 7.78. The van der Waals surface area contributed by atoms with E-state index in [-0.39, 0.29) is 6.23 Å². The van der Waals surface area contributed by atoms with Gasteiger partial charge in [-0.25, -0.2) is 4.68 Å². The molecule has 0 spiro atoms. The average Bonchev–Trinajstić information content (AvgIpc) is 2.95. The molecule has 0 radical (unpaired) electrons. The van der Waals surface area contributed by atoms with Crippen molar-refractivity contribution >= 4 is 16.6 Å². The van der Waals surface area contributed by atoms with E-state index in [0.717, 1.165) is 47.3 Å². The Morgan fingerprint density at radius 1 is 1.09 bits per heavy atom. The molecule has 2 N–H and O–H groups in total. The number of hydrogen-bond donors (Lipinski definition) is 1. The number of nitrogens with two attached hydrogens (primary N) is 1. The van der Waals surface area contributed by atoms with Crippen molar-refractivity contribution in [2.75, 3.05) is 12.3 Å². The Hall–Kier alpha value is -2.33. The molecule has 1 aliphatic heterocycles. The predicted molar refractivity (Wildman–Crippen MR) is 88.4 cm³/mol. The number of fused-ring (bicyclic) bond motifs is 1. The second kappa shape index (κ2) is 5.46. The first kappa shape index (κ1) is 13.3. The van der Waals surface area contributed by atoms with Crippen LogP contribution in [0.5, 0.6) is 0 Å². The Bertz CT molecular complexity index is 803. The van der Waals surface area contributed by atoms with Crippen molar-refractivity contribution in [3.63, 3.8) is 0 Å². The van der Waals surface area contributed by atoms with Crippen LogP contribution in [0, 0.1) is 0 Å².